The van der Waals surface area contributed by atoms with Crippen LogP contribution in [0.2, 0.25) is 0 Å². The lowest BCUT2D eigenvalue weighted by molar-refractivity contribution is 0.107. The Labute approximate surface area is 102 Å². The van der Waals surface area contributed by atoms with Gasteiger partial charge in [0.15, 0.2) is 0 Å². The number of rotatable bonds is 2. The highest BCUT2D eigenvalue weighted by atomic mass is 127. The highest BCUT2D eigenvalue weighted by Gasteiger charge is 2.22. The van der Waals surface area contributed by atoms with Gasteiger partial charge in [0.05, 0.1) is 14.7 Å². The third-order valence-corrected chi connectivity index (χ3v) is 2.85. The summed E-state index contributed by atoms with van der Waals surface area (Å²) in [5, 5.41) is 7.69. The van der Waals surface area contributed by atoms with Crippen molar-refractivity contribution in [2.24, 2.45) is 0 Å². The molecule has 0 amide bonds. The number of carbonyl (C=O) groups excluding carboxylic acids is 1. The van der Waals surface area contributed by atoms with Crippen molar-refractivity contribution < 1.29 is 13.6 Å². The number of halogens is 4. The van der Waals surface area contributed by atoms with Crippen LogP contribution in [0.15, 0.2) is 6.20 Å². The van der Waals surface area contributed by atoms with Gasteiger partial charge in [0.1, 0.15) is 11.8 Å². The standard InChI is InChI=1S/C8H2ClF2IN2O/c9-7(15)4-3(1-13)2-14-6(5(4)12)8(10)11/h2,8H. The quantitative estimate of drug-likeness (QED) is 0.613. The molecule has 0 spiro atoms. The molecule has 0 fully saturated rings. The maximum absolute atomic E-state index is 12.4. The minimum Gasteiger partial charge on any atom is -0.276 e. The molecule has 1 aromatic rings. The summed E-state index contributed by atoms with van der Waals surface area (Å²) in [4.78, 5) is 14.4. The minimum atomic E-state index is -2.81. The number of alkyl halides is 2. The summed E-state index contributed by atoms with van der Waals surface area (Å²) >= 11 is 6.72. The first-order valence-electron chi connectivity index (χ1n) is 3.55. The summed E-state index contributed by atoms with van der Waals surface area (Å²) in [6, 6.07) is 1.67. The van der Waals surface area contributed by atoms with Gasteiger partial charge in [-0.05, 0) is 34.2 Å². The van der Waals surface area contributed by atoms with Gasteiger partial charge in [-0.1, -0.05) is 0 Å². The van der Waals surface area contributed by atoms with Crippen LogP contribution in [0.4, 0.5) is 8.78 Å². The number of carbonyl (C=O) groups is 1. The fraction of sp³-hybridized carbons (Fsp3) is 0.125. The van der Waals surface area contributed by atoms with Crippen molar-refractivity contribution in [1.29, 1.82) is 5.26 Å². The van der Waals surface area contributed by atoms with Crippen molar-refractivity contribution in [2.75, 3.05) is 0 Å². The van der Waals surface area contributed by atoms with E-state index < -0.39 is 17.4 Å². The fourth-order valence-electron chi connectivity index (χ4n) is 0.931. The molecule has 0 saturated carbocycles. The summed E-state index contributed by atoms with van der Waals surface area (Å²) in [7, 11) is 0. The Morgan fingerprint density at radius 2 is 2.27 bits per heavy atom. The summed E-state index contributed by atoms with van der Waals surface area (Å²) in [5.74, 6) is 0. The van der Waals surface area contributed by atoms with E-state index in [1.165, 1.54) is 22.6 Å². The van der Waals surface area contributed by atoms with Crippen molar-refractivity contribution in [3.8, 4) is 6.07 Å². The largest absolute Gasteiger partial charge is 0.281 e. The zero-order valence-corrected chi connectivity index (χ0v) is 9.88. The van der Waals surface area contributed by atoms with Crippen LogP contribution in [0, 0.1) is 14.9 Å². The molecular formula is C8H2ClF2IN2O. The monoisotopic (exact) mass is 342 g/mol. The predicted molar refractivity (Wildman–Crippen MR) is 56.8 cm³/mol. The molecule has 0 N–H and O–H groups in total. The maximum Gasteiger partial charge on any atom is 0.281 e. The number of nitriles is 1. The topological polar surface area (TPSA) is 53.8 Å². The Kier molecular flexibility index (Phi) is 3.93. The molecule has 0 unspecified atom stereocenters. The molecule has 78 valence electrons. The van der Waals surface area contributed by atoms with Gasteiger partial charge >= 0.3 is 0 Å². The van der Waals surface area contributed by atoms with Crippen LogP contribution < -0.4 is 0 Å². The van der Waals surface area contributed by atoms with Crippen LogP contribution in [0.5, 0.6) is 0 Å². The van der Waals surface area contributed by atoms with Crippen molar-refractivity contribution >= 4 is 39.4 Å². The molecule has 0 saturated heterocycles. The Morgan fingerprint density at radius 3 is 2.67 bits per heavy atom. The van der Waals surface area contributed by atoms with Crippen molar-refractivity contribution in [2.45, 2.75) is 6.43 Å². The number of hydrogen-bond acceptors (Lipinski definition) is 3. The zero-order chi connectivity index (χ0) is 11.6. The number of pyridine rings is 1. The van der Waals surface area contributed by atoms with Gasteiger partial charge in [-0.25, -0.2) is 8.78 Å². The lowest BCUT2D eigenvalue weighted by atomic mass is 10.1. The van der Waals surface area contributed by atoms with Gasteiger partial charge < -0.3 is 0 Å². The van der Waals surface area contributed by atoms with E-state index >= 15 is 0 Å². The smallest absolute Gasteiger partial charge is 0.276 e. The Bertz CT molecular complexity index is 459. The van der Waals surface area contributed by atoms with E-state index in [-0.39, 0.29) is 14.7 Å². The summed E-state index contributed by atoms with van der Waals surface area (Å²) < 4.78 is 24.7. The van der Waals surface area contributed by atoms with Crippen LogP contribution in [0.3, 0.4) is 0 Å². The first-order valence-corrected chi connectivity index (χ1v) is 5.01. The van der Waals surface area contributed by atoms with Crippen molar-refractivity contribution in [3.63, 3.8) is 0 Å². The highest BCUT2D eigenvalue weighted by molar-refractivity contribution is 14.1. The molecule has 7 heteroatoms. The lowest BCUT2D eigenvalue weighted by Gasteiger charge is -2.06. The summed E-state index contributed by atoms with van der Waals surface area (Å²) in [6.45, 7) is 0. The molecule has 1 rings (SSSR count). The fourth-order valence-corrected chi connectivity index (χ4v) is 2.20. The van der Waals surface area contributed by atoms with Gasteiger partial charge in [0.25, 0.3) is 11.7 Å². The van der Waals surface area contributed by atoms with Gasteiger partial charge in [-0.2, -0.15) is 5.26 Å². The Hall–Kier alpha value is -0.810. The lowest BCUT2D eigenvalue weighted by Crippen LogP contribution is -2.05. The van der Waals surface area contributed by atoms with E-state index in [0.717, 1.165) is 6.20 Å². The molecule has 1 aromatic heterocycles. The van der Waals surface area contributed by atoms with Crippen molar-refractivity contribution in [3.05, 3.63) is 26.6 Å². The first-order chi connectivity index (χ1) is 6.99. The zero-order valence-electron chi connectivity index (χ0n) is 6.97. The average molecular weight is 342 g/mol. The van der Waals surface area contributed by atoms with E-state index in [2.05, 4.69) is 4.98 Å². The molecule has 0 atom stereocenters. The van der Waals surface area contributed by atoms with E-state index in [1.807, 2.05) is 0 Å². The molecule has 0 aliphatic rings. The molecule has 0 aliphatic carbocycles. The normalized spacial score (nSPS) is 10.1. The van der Waals surface area contributed by atoms with Crippen LogP contribution >= 0.6 is 34.2 Å². The molecule has 0 aromatic carbocycles. The number of aromatic nitrogens is 1. The maximum atomic E-state index is 12.4. The summed E-state index contributed by atoms with van der Waals surface area (Å²) in [5.41, 5.74) is -0.868. The van der Waals surface area contributed by atoms with E-state index in [0.29, 0.717) is 0 Å². The third kappa shape index (κ3) is 2.41. The molecule has 1 heterocycles. The van der Waals surface area contributed by atoms with Gasteiger partial charge in [0.2, 0.25) is 0 Å². The molecule has 3 nitrogen and oxygen atoms in total. The van der Waals surface area contributed by atoms with Gasteiger partial charge in [-0.3, -0.25) is 9.78 Å². The SMILES string of the molecule is N#Cc1cnc(C(F)F)c(I)c1C(=O)Cl. The van der Waals surface area contributed by atoms with E-state index in [9.17, 15) is 13.6 Å². The molecule has 0 radical (unpaired) electrons. The molecular weight excluding hydrogens is 340 g/mol. The van der Waals surface area contributed by atoms with Crippen molar-refractivity contribution in [1.82, 2.24) is 4.98 Å². The van der Waals surface area contributed by atoms with Gasteiger partial charge in [0, 0.05) is 6.20 Å². The van der Waals surface area contributed by atoms with Crippen LogP contribution in [-0.2, 0) is 0 Å². The van der Waals surface area contributed by atoms with Crippen LogP contribution in [-0.4, -0.2) is 10.2 Å². The summed E-state index contributed by atoms with van der Waals surface area (Å²) in [6.07, 6.45) is -1.89. The van der Waals surface area contributed by atoms with E-state index in [1.54, 1.807) is 6.07 Å². The second kappa shape index (κ2) is 4.81. The number of nitrogens with zero attached hydrogens (tertiary/aromatic N) is 2. The Balaban J connectivity index is 3.51. The van der Waals surface area contributed by atoms with E-state index in [4.69, 9.17) is 16.9 Å². The van der Waals surface area contributed by atoms with Gasteiger partial charge in [-0.15, -0.1) is 0 Å². The minimum absolute atomic E-state index is 0.0818. The molecule has 15 heavy (non-hydrogen) atoms. The predicted octanol–water partition coefficient (Wildman–Crippen LogP) is 2.87. The van der Waals surface area contributed by atoms with Crippen LogP contribution in [0.25, 0.3) is 0 Å². The second-order valence-electron chi connectivity index (χ2n) is 2.43. The second-order valence-corrected chi connectivity index (χ2v) is 3.85. The average Bonchev–Trinajstić information content (AvgIpc) is 2.15. The number of hydrogen-bond donors (Lipinski definition) is 0. The highest BCUT2D eigenvalue weighted by Crippen LogP contribution is 2.27. The third-order valence-electron chi connectivity index (χ3n) is 1.57. The molecule has 0 bridgehead atoms. The first kappa shape index (κ1) is 12.3. The Morgan fingerprint density at radius 1 is 1.67 bits per heavy atom. The molecule has 0 aliphatic heterocycles. The van der Waals surface area contributed by atoms with Crippen LogP contribution in [0.1, 0.15) is 28.0 Å².